The third kappa shape index (κ3) is 3.87. The number of nitrogens with one attached hydrogen (secondary N) is 1. The monoisotopic (exact) mass is 466 g/mol. The summed E-state index contributed by atoms with van der Waals surface area (Å²) in [7, 11) is 0. The molecule has 1 aliphatic rings. The van der Waals surface area contributed by atoms with Gasteiger partial charge in [0, 0.05) is 5.92 Å². The summed E-state index contributed by atoms with van der Waals surface area (Å²) in [6.07, 6.45) is 0.450. The molecule has 4 nitrogen and oxygen atoms in total. The topological polar surface area (TPSA) is 55.0 Å². The zero-order chi connectivity index (χ0) is 23.9. The Kier molecular flexibility index (Phi) is 5.14. The summed E-state index contributed by atoms with van der Waals surface area (Å²) in [6, 6.07) is 27.0. The minimum Gasteiger partial charge on any atom is -0.405 e. The van der Waals surface area contributed by atoms with Crippen LogP contribution in [0.25, 0.3) is 22.2 Å². The number of esters is 1. The third-order valence-corrected chi connectivity index (χ3v) is 6.52. The molecule has 1 aliphatic heterocycles. The number of rotatable bonds is 4. The molecule has 0 aliphatic carbocycles. The lowest BCUT2D eigenvalue weighted by Crippen LogP contribution is -2.34. The molecule has 2 atom stereocenters. The van der Waals surface area contributed by atoms with Crippen molar-refractivity contribution in [3.05, 3.63) is 119 Å². The maximum Gasteiger partial charge on any atom is 0.317 e. The first-order valence-electron chi connectivity index (χ1n) is 11.4. The minimum atomic E-state index is -0.618. The van der Waals surface area contributed by atoms with Gasteiger partial charge >= 0.3 is 5.97 Å². The summed E-state index contributed by atoms with van der Waals surface area (Å²) in [5.41, 5.74) is 2.46. The number of aromatic nitrogens is 2. The van der Waals surface area contributed by atoms with Crippen LogP contribution in [-0.4, -0.2) is 15.9 Å². The molecule has 0 radical (unpaired) electrons. The van der Waals surface area contributed by atoms with E-state index >= 15 is 0 Å². The van der Waals surface area contributed by atoms with Crippen LogP contribution >= 0.6 is 0 Å². The Morgan fingerprint density at radius 2 is 1.63 bits per heavy atom. The van der Waals surface area contributed by atoms with Crippen LogP contribution in [0.3, 0.4) is 0 Å². The van der Waals surface area contributed by atoms with Crippen molar-refractivity contribution in [1.82, 2.24) is 9.97 Å². The lowest BCUT2D eigenvalue weighted by atomic mass is 9.79. The van der Waals surface area contributed by atoms with Gasteiger partial charge in [-0.2, -0.15) is 4.98 Å². The molecule has 2 heterocycles. The number of nitrogens with zero attached hydrogens (tertiary/aromatic N) is 1. The number of hydrogen-bond donors (Lipinski definition) is 1. The molecule has 35 heavy (non-hydrogen) atoms. The smallest absolute Gasteiger partial charge is 0.317 e. The predicted molar refractivity (Wildman–Crippen MR) is 129 cm³/mol. The highest BCUT2D eigenvalue weighted by Crippen LogP contribution is 2.43. The first-order chi connectivity index (χ1) is 17.1. The highest BCUT2D eigenvalue weighted by atomic mass is 19.1. The lowest BCUT2D eigenvalue weighted by molar-refractivity contribution is -0.141. The molecule has 6 heteroatoms. The van der Waals surface area contributed by atoms with Gasteiger partial charge in [-0.15, -0.1) is 0 Å². The molecule has 0 saturated carbocycles. The zero-order valence-corrected chi connectivity index (χ0v) is 18.5. The fourth-order valence-electron chi connectivity index (χ4n) is 4.85. The molecule has 0 spiro atoms. The molecule has 0 unspecified atom stereocenters. The van der Waals surface area contributed by atoms with E-state index in [1.165, 1.54) is 0 Å². The van der Waals surface area contributed by atoms with Crippen LogP contribution in [0, 0.1) is 17.6 Å². The van der Waals surface area contributed by atoms with Crippen LogP contribution in [-0.2, 0) is 11.2 Å². The molecule has 0 amide bonds. The van der Waals surface area contributed by atoms with Crippen LogP contribution in [0.1, 0.15) is 22.7 Å². The van der Waals surface area contributed by atoms with Gasteiger partial charge in [0.05, 0.1) is 17.2 Å². The number of hydrogen-bond acceptors (Lipinski definition) is 3. The SMILES string of the molecule is O=C1Oc2nc(-c3cc(F)ccc3F)[nH]c2[C@H](c2ccccc2)[C@@H]1Cc1ccc2ccccc2c1. The molecule has 0 bridgehead atoms. The standard InChI is InChI=1S/C29H20F2N2O2/c30-21-12-13-24(31)22(16-21)27-32-26-25(19-7-2-1-3-8-19)23(29(34)35-28(26)33-27)15-17-10-11-18-6-4-5-9-20(18)14-17/h1-14,16,23,25H,15H2,(H,32,33)/t23-,25+/m0/s1. The van der Waals surface area contributed by atoms with Crippen molar-refractivity contribution in [2.24, 2.45) is 5.92 Å². The van der Waals surface area contributed by atoms with Crippen LogP contribution in [0.4, 0.5) is 8.78 Å². The molecule has 0 fully saturated rings. The van der Waals surface area contributed by atoms with Crippen molar-refractivity contribution in [2.75, 3.05) is 0 Å². The summed E-state index contributed by atoms with van der Waals surface area (Å²) in [4.78, 5) is 20.7. The van der Waals surface area contributed by atoms with E-state index in [-0.39, 0.29) is 17.3 Å². The molecular formula is C29H20F2N2O2. The second kappa shape index (κ2) is 8.47. The second-order valence-electron chi connectivity index (χ2n) is 8.73. The quantitative estimate of drug-likeness (QED) is 0.311. The summed E-state index contributed by atoms with van der Waals surface area (Å²) in [5.74, 6) is -2.32. The van der Waals surface area contributed by atoms with Crippen LogP contribution < -0.4 is 4.74 Å². The van der Waals surface area contributed by atoms with E-state index in [1.54, 1.807) is 0 Å². The molecule has 4 aromatic carbocycles. The van der Waals surface area contributed by atoms with Gasteiger partial charge in [0.25, 0.3) is 0 Å². The normalized spacial score (nSPS) is 17.3. The van der Waals surface area contributed by atoms with Crippen molar-refractivity contribution >= 4 is 16.7 Å². The number of imidazole rings is 1. The number of fused-ring (bicyclic) bond motifs is 2. The minimum absolute atomic E-state index is 0.0201. The Balaban J connectivity index is 1.45. The average molecular weight is 466 g/mol. The Morgan fingerprint density at radius 1 is 0.857 bits per heavy atom. The van der Waals surface area contributed by atoms with Gasteiger partial charge in [-0.25, -0.2) is 8.78 Å². The summed E-state index contributed by atoms with van der Waals surface area (Å²) < 4.78 is 33.9. The van der Waals surface area contributed by atoms with Crippen LogP contribution in [0.5, 0.6) is 5.88 Å². The number of halogens is 2. The Labute approximate surface area is 200 Å². The molecule has 1 N–H and O–H groups in total. The first kappa shape index (κ1) is 21.2. The maximum absolute atomic E-state index is 14.5. The maximum atomic E-state index is 14.5. The van der Waals surface area contributed by atoms with E-state index in [1.807, 2.05) is 66.7 Å². The number of H-pyrrole nitrogens is 1. The van der Waals surface area contributed by atoms with Gasteiger partial charge in [0.1, 0.15) is 17.5 Å². The molecule has 1 aromatic heterocycles. The Bertz CT molecular complexity index is 1560. The highest BCUT2D eigenvalue weighted by Gasteiger charge is 2.41. The lowest BCUT2D eigenvalue weighted by Gasteiger charge is -2.29. The van der Waals surface area contributed by atoms with Crippen molar-refractivity contribution in [3.8, 4) is 17.3 Å². The van der Waals surface area contributed by atoms with Gasteiger partial charge in [0.2, 0.25) is 5.88 Å². The summed E-state index contributed by atoms with van der Waals surface area (Å²) >= 11 is 0. The average Bonchev–Trinajstić information content (AvgIpc) is 3.29. The number of ether oxygens (including phenoxy) is 1. The number of carbonyl (C=O) groups excluding carboxylic acids is 1. The van der Waals surface area contributed by atoms with E-state index < -0.39 is 29.4 Å². The fraction of sp³-hybridized carbons (Fsp3) is 0.103. The van der Waals surface area contributed by atoms with Gasteiger partial charge in [0.15, 0.2) is 0 Å². The fourth-order valence-corrected chi connectivity index (χ4v) is 4.85. The van der Waals surface area contributed by atoms with Gasteiger partial charge < -0.3 is 9.72 Å². The van der Waals surface area contributed by atoms with Crippen molar-refractivity contribution in [2.45, 2.75) is 12.3 Å². The van der Waals surface area contributed by atoms with E-state index in [0.717, 1.165) is 40.1 Å². The largest absolute Gasteiger partial charge is 0.405 e. The molecule has 0 saturated heterocycles. The van der Waals surface area contributed by atoms with Crippen molar-refractivity contribution < 1.29 is 18.3 Å². The third-order valence-electron chi connectivity index (χ3n) is 6.52. The Morgan fingerprint density at radius 3 is 2.46 bits per heavy atom. The predicted octanol–water partition coefficient (Wildman–Crippen LogP) is 6.42. The van der Waals surface area contributed by atoms with Crippen molar-refractivity contribution in [3.63, 3.8) is 0 Å². The Hall–Kier alpha value is -4.32. The number of carbonyl (C=O) groups is 1. The van der Waals surface area contributed by atoms with E-state index in [0.29, 0.717) is 12.1 Å². The molecule has 6 rings (SSSR count). The van der Waals surface area contributed by atoms with Gasteiger partial charge in [-0.1, -0.05) is 72.8 Å². The van der Waals surface area contributed by atoms with Crippen LogP contribution in [0.2, 0.25) is 0 Å². The van der Waals surface area contributed by atoms with Crippen molar-refractivity contribution in [1.29, 1.82) is 0 Å². The van der Waals surface area contributed by atoms with Gasteiger partial charge in [-0.05, 0) is 46.5 Å². The number of benzene rings is 4. The van der Waals surface area contributed by atoms with E-state index in [2.05, 4.69) is 16.0 Å². The zero-order valence-electron chi connectivity index (χ0n) is 18.5. The first-order valence-corrected chi connectivity index (χ1v) is 11.4. The molecule has 5 aromatic rings. The second-order valence-corrected chi connectivity index (χ2v) is 8.73. The summed E-state index contributed by atoms with van der Waals surface area (Å²) in [6.45, 7) is 0. The summed E-state index contributed by atoms with van der Waals surface area (Å²) in [5, 5.41) is 2.22. The highest BCUT2D eigenvalue weighted by molar-refractivity contribution is 5.84. The van der Waals surface area contributed by atoms with E-state index in [9.17, 15) is 13.6 Å². The van der Waals surface area contributed by atoms with E-state index in [4.69, 9.17) is 4.74 Å². The molecule has 172 valence electrons. The van der Waals surface area contributed by atoms with Crippen LogP contribution in [0.15, 0.2) is 91.0 Å². The molecular weight excluding hydrogens is 446 g/mol. The van der Waals surface area contributed by atoms with Gasteiger partial charge in [-0.3, -0.25) is 4.79 Å². The number of aromatic amines is 1.